The lowest BCUT2D eigenvalue weighted by molar-refractivity contribution is -0.0540. The van der Waals surface area contributed by atoms with Crippen LogP contribution in [-0.4, -0.2) is 18.6 Å². The Balaban J connectivity index is 2.03. The van der Waals surface area contributed by atoms with Gasteiger partial charge in [0.2, 0.25) is 0 Å². The second kappa shape index (κ2) is 4.28. The van der Waals surface area contributed by atoms with Crippen molar-refractivity contribution in [1.29, 1.82) is 0 Å². The van der Waals surface area contributed by atoms with Crippen molar-refractivity contribution in [1.82, 2.24) is 0 Å². The maximum absolute atomic E-state index is 5.65. The molecule has 0 aromatic carbocycles. The summed E-state index contributed by atoms with van der Waals surface area (Å²) in [5.41, 5.74) is 0. The van der Waals surface area contributed by atoms with Gasteiger partial charge in [0.05, 0.1) is 27.3 Å². The van der Waals surface area contributed by atoms with Crippen molar-refractivity contribution in [3.05, 3.63) is 20.8 Å². The quantitative estimate of drug-likeness (QED) is 0.776. The van der Waals surface area contributed by atoms with E-state index in [1.165, 1.54) is 0 Å². The lowest BCUT2D eigenvalue weighted by Gasteiger charge is -2.06. The summed E-state index contributed by atoms with van der Waals surface area (Å²) in [4.78, 5) is 1.08. The van der Waals surface area contributed by atoms with Crippen molar-refractivity contribution in [2.45, 2.75) is 12.4 Å². The normalized spacial score (nSPS) is 28.2. The van der Waals surface area contributed by atoms with Crippen LogP contribution in [-0.2, 0) is 9.47 Å². The first-order valence-corrected chi connectivity index (χ1v) is 6.02. The Morgan fingerprint density at radius 1 is 1.62 bits per heavy atom. The zero-order valence-electron chi connectivity index (χ0n) is 6.70. The molecule has 2 heterocycles. The van der Waals surface area contributed by atoms with Gasteiger partial charge in [-0.2, -0.15) is 0 Å². The standard InChI is InChI=1S/C8H8BrClO2S/c9-7-2-1-6(13-7)8-11-4-5(3-10)12-8/h1-2,5,8H,3-4H2. The third-order valence-corrected chi connectivity index (χ3v) is 3.74. The third-order valence-electron chi connectivity index (χ3n) is 1.75. The van der Waals surface area contributed by atoms with E-state index in [-0.39, 0.29) is 12.4 Å². The Labute approximate surface area is 93.9 Å². The second-order valence-electron chi connectivity index (χ2n) is 2.72. The molecular formula is C8H8BrClO2S. The number of halogens is 2. The van der Waals surface area contributed by atoms with Crippen LogP contribution in [0.1, 0.15) is 11.2 Å². The molecule has 0 bridgehead atoms. The molecule has 1 saturated heterocycles. The molecule has 1 aliphatic heterocycles. The fraction of sp³-hybridized carbons (Fsp3) is 0.500. The Bertz CT molecular complexity index is 291. The molecular weight excluding hydrogens is 276 g/mol. The molecule has 2 unspecified atom stereocenters. The molecule has 2 rings (SSSR count). The summed E-state index contributed by atoms with van der Waals surface area (Å²) in [7, 11) is 0. The highest BCUT2D eigenvalue weighted by atomic mass is 79.9. The van der Waals surface area contributed by atoms with E-state index in [2.05, 4.69) is 15.9 Å². The molecule has 2 nitrogen and oxygen atoms in total. The summed E-state index contributed by atoms with van der Waals surface area (Å²) in [6, 6.07) is 3.98. The van der Waals surface area contributed by atoms with Crippen molar-refractivity contribution < 1.29 is 9.47 Å². The molecule has 0 radical (unpaired) electrons. The first-order valence-electron chi connectivity index (χ1n) is 3.88. The first kappa shape index (κ1) is 9.93. The van der Waals surface area contributed by atoms with Crippen LogP contribution in [0.2, 0.25) is 0 Å². The van der Waals surface area contributed by atoms with Gasteiger partial charge in [0.25, 0.3) is 0 Å². The summed E-state index contributed by atoms with van der Waals surface area (Å²) in [6.07, 6.45) is -0.187. The van der Waals surface area contributed by atoms with E-state index >= 15 is 0 Å². The van der Waals surface area contributed by atoms with Crippen LogP contribution in [0.4, 0.5) is 0 Å². The number of ether oxygens (including phenoxy) is 2. The van der Waals surface area contributed by atoms with E-state index in [1.807, 2.05) is 12.1 Å². The monoisotopic (exact) mass is 282 g/mol. The second-order valence-corrected chi connectivity index (χ2v) is 5.52. The minimum atomic E-state index is -0.222. The minimum Gasteiger partial charge on any atom is -0.345 e. The molecule has 1 fully saturated rings. The number of thiophene rings is 1. The molecule has 13 heavy (non-hydrogen) atoms. The maximum atomic E-state index is 5.65. The number of hydrogen-bond acceptors (Lipinski definition) is 3. The van der Waals surface area contributed by atoms with Gasteiger partial charge in [-0.25, -0.2) is 0 Å². The highest BCUT2D eigenvalue weighted by Gasteiger charge is 2.27. The summed E-state index contributed by atoms with van der Waals surface area (Å²) in [5.74, 6) is 0.489. The van der Waals surface area contributed by atoms with Gasteiger partial charge in [-0.1, -0.05) is 0 Å². The molecule has 1 aromatic rings. The van der Waals surface area contributed by atoms with Gasteiger partial charge in [0.15, 0.2) is 6.29 Å². The third kappa shape index (κ3) is 2.25. The van der Waals surface area contributed by atoms with Crippen LogP contribution in [0.15, 0.2) is 15.9 Å². The van der Waals surface area contributed by atoms with E-state index in [1.54, 1.807) is 11.3 Å². The summed E-state index contributed by atoms with van der Waals surface area (Å²) >= 11 is 10.7. The maximum Gasteiger partial charge on any atom is 0.193 e. The largest absolute Gasteiger partial charge is 0.345 e. The highest BCUT2D eigenvalue weighted by molar-refractivity contribution is 9.11. The van der Waals surface area contributed by atoms with Crippen molar-refractivity contribution in [3.63, 3.8) is 0 Å². The average Bonchev–Trinajstić information content (AvgIpc) is 2.71. The molecule has 72 valence electrons. The van der Waals surface area contributed by atoms with Gasteiger partial charge < -0.3 is 9.47 Å². The van der Waals surface area contributed by atoms with Gasteiger partial charge in [-0.15, -0.1) is 22.9 Å². The molecule has 0 aliphatic carbocycles. The molecule has 1 aromatic heterocycles. The zero-order chi connectivity index (χ0) is 9.26. The molecule has 1 aliphatic rings. The summed E-state index contributed by atoms with van der Waals surface area (Å²) < 4.78 is 12.1. The van der Waals surface area contributed by atoms with Crippen LogP contribution in [0.5, 0.6) is 0 Å². The predicted molar refractivity (Wildman–Crippen MR) is 56.3 cm³/mol. The number of rotatable bonds is 2. The van der Waals surface area contributed by atoms with Crippen LogP contribution in [0.3, 0.4) is 0 Å². The molecule has 0 N–H and O–H groups in total. The Morgan fingerprint density at radius 3 is 3.00 bits per heavy atom. The van der Waals surface area contributed by atoms with Gasteiger partial charge in [0, 0.05) is 0 Å². The van der Waals surface area contributed by atoms with Gasteiger partial charge in [-0.3, -0.25) is 0 Å². The average molecular weight is 284 g/mol. The van der Waals surface area contributed by atoms with Crippen molar-refractivity contribution in [3.8, 4) is 0 Å². The van der Waals surface area contributed by atoms with Gasteiger partial charge in [-0.05, 0) is 28.1 Å². The molecule has 0 spiro atoms. The van der Waals surface area contributed by atoms with E-state index in [9.17, 15) is 0 Å². The lowest BCUT2D eigenvalue weighted by atomic mass is 10.4. The van der Waals surface area contributed by atoms with Gasteiger partial charge >= 0.3 is 0 Å². The predicted octanol–water partition coefficient (Wildman–Crippen LogP) is 3.16. The van der Waals surface area contributed by atoms with Crippen LogP contribution < -0.4 is 0 Å². The van der Waals surface area contributed by atoms with E-state index in [0.717, 1.165) is 8.66 Å². The molecule has 0 saturated carbocycles. The molecule has 5 heteroatoms. The zero-order valence-corrected chi connectivity index (χ0v) is 9.86. The Kier molecular flexibility index (Phi) is 3.26. The smallest absolute Gasteiger partial charge is 0.193 e. The summed E-state index contributed by atoms with van der Waals surface area (Å²) in [6.45, 7) is 0.587. The topological polar surface area (TPSA) is 18.5 Å². The van der Waals surface area contributed by atoms with E-state index in [4.69, 9.17) is 21.1 Å². The fourth-order valence-electron chi connectivity index (χ4n) is 1.13. The van der Waals surface area contributed by atoms with Crippen LogP contribution in [0.25, 0.3) is 0 Å². The van der Waals surface area contributed by atoms with Crippen molar-refractivity contribution >= 4 is 38.9 Å². The lowest BCUT2D eigenvalue weighted by Crippen LogP contribution is -2.10. The first-order chi connectivity index (χ1) is 6.29. The van der Waals surface area contributed by atoms with E-state index < -0.39 is 0 Å². The molecule has 2 atom stereocenters. The highest BCUT2D eigenvalue weighted by Crippen LogP contribution is 2.34. The SMILES string of the molecule is ClCC1COC(c2ccc(Br)s2)O1. The Hall–Kier alpha value is 0.390. The number of hydrogen-bond donors (Lipinski definition) is 0. The van der Waals surface area contributed by atoms with Gasteiger partial charge in [0.1, 0.15) is 0 Å². The van der Waals surface area contributed by atoms with Crippen molar-refractivity contribution in [2.75, 3.05) is 12.5 Å². The summed E-state index contributed by atoms with van der Waals surface area (Å²) in [5, 5.41) is 0. The molecule has 0 amide bonds. The Morgan fingerprint density at radius 2 is 2.46 bits per heavy atom. The minimum absolute atomic E-state index is 0.0348. The van der Waals surface area contributed by atoms with Crippen molar-refractivity contribution in [2.24, 2.45) is 0 Å². The van der Waals surface area contributed by atoms with E-state index in [0.29, 0.717) is 12.5 Å². The van der Waals surface area contributed by atoms with Crippen LogP contribution in [0, 0.1) is 0 Å². The number of alkyl halides is 1. The fourth-order valence-corrected chi connectivity index (χ4v) is 2.71. The van der Waals surface area contributed by atoms with Crippen LogP contribution >= 0.6 is 38.9 Å².